The summed E-state index contributed by atoms with van der Waals surface area (Å²) in [4.78, 5) is 0. The zero-order valence-electron chi connectivity index (χ0n) is 13.3. The fraction of sp³-hybridized carbons (Fsp3) is 0.647. The molecule has 0 amide bonds. The molecule has 0 aromatic heterocycles. The lowest BCUT2D eigenvalue weighted by Gasteiger charge is -2.28. The third-order valence-electron chi connectivity index (χ3n) is 3.47. The molecule has 0 bridgehead atoms. The minimum atomic E-state index is 0.145. The van der Waals surface area contributed by atoms with Crippen molar-refractivity contribution in [1.29, 1.82) is 0 Å². The van der Waals surface area contributed by atoms with Gasteiger partial charge in [0, 0.05) is 5.54 Å². The van der Waals surface area contributed by atoms with Crippen molar-refractivity contribution in [3.05, 3.63) is 29.8 Å². The number of benzene rings is 1. The second-order valence-electron chi connectivity index (χ2n) is 6.86. The van der Waals surface area contributed by atoms with E-state index in [1.807, 2.05) is 12.1 Å². The molecule has 2 nitrogen and oxygen atoms in total. The first-order chi connectivity index (χ1) is 8.76. The highest BCUT2D eigenvalue weighted by atomic mass is 16.5. The van der Waals surface area contributed by atoms with Crippen molar-refractivity contribution in [2.24, 2.45) is 0 Å². The molecular formula is C17H29NO. The van der Waals surface area contributed by atoms with Gasteiger partial charge in [0.15, 0.2) is 0 Å². The van der Waals surface area contributed by atoms with E-state index >= 15 is 0 Å². The van der Waals surface area contributed by atoms with E-state index in [0.717, 1.165) is 18.7 Å². The number of hydrogen-bond acceptors (Lipinski definition) is 2. The van der Waals surface area contributed by atoms with Gasteiger partial charge in [0.1, 0.15) is 5.75 Å². The van der Waals surface area contributed by atoms with Crippen LogP contribution in [0.2, 0.25) is 0 Å². The molecule has 0 radical (unpaired) electrons. The minimum absolute atomic E-state index is 0.145. The molecule has 0 atom stereocenters. The van der Waals surface area contributed by atoms with Gasteiger partial charge < -0.3 is 10.1 Å². The van der Waals surface area contributed by atoms with Gasteiger partial charge in [0.05, 0.1) is 7.11 Å². The Balaban J connectivity index is 2.60. The lowest BCUT2D eigenvalue weighted by atomic mass is 9.80. The summed E-state index contributed by atoms with van der Waals surface area (Å²) in [7, 11) is 1.75. The third-order valence-corrected chi connectivity index (χ3v) is 3.47. The summed E-state index contributed by atoms with van der Waals surface area (Å²) in [5, 5.41) is 3.54. The number of hydrogen-bond donors (Lipinski definition) is 1. The summed E-state index contributed by atoms with van der Waals surface area (Å²) in [6, 6.07) is 8.34. The monoisotopic (exact) mass is 263 g/mol. The molecule has 0 fully saturated rings. The molecule has 0 saturated heterocycles. The van der Waals surface area contributed by atoms with Crippen LogP contribution in [0.5, 0.6) is 5.75 Å². The van der Waals surface area contributed by atoms with Crippen LogP contribution >= 0.6 is 0 Å². The number of nitrogens with one attached hydrogen (secondary N) is 1. The highest BCUT2D eigenvalue weighted by Gasteiger charge is 2.23. The summed E-state index contributed by atoms with van der Waals surface area (Å²) >= 11 is 0. The first kappa shape index (κ1) is 16.0. The zero-order valence-corrected chi connectivity index (χ0v) is 13.3. The molecule has 108 valence electrons. The molecule has 1 aromatic carbocycles. The summed E-state index contributed by atoms with van der Waals surface area (Å²) in [6.07, 6.45) is 2.32. The van der Waals surface area contributed by atoms with Crippen molar-refractivity contribution in [2.75, 3.05) is 13.7 Å². The lowest BCUT2D eigenvalue weighted by Crippen LogP contribution is -2.36. The van der Waals surface area contributed by atoms with Crippen LogP contribution in [0.3, 0.4) is 0 Å². The molecule has 0 unspecified atom stereocenters. The smallest absolute Gasteiger partial charge is 0.122 e. The predicted octanol–water partition coefficient (Wildman–Crippen LogP) is 4.14. The Kier molecular flexibility index (Phi) is 5.42. The van der Waals surface area contributed by atoms with Crippen LogP contribution in [0.1, 0.15) is 53.0 Å². The Morgan fingerprint density at radius 3 is 2.26 bits per heavy atom. The van der Waals surface area contributed by atoms with Gasteiger partial charge in [-0.25, -0.2) is 0 Å². The summed E-state index contributed by atoms with van der Waals surface area (Å²) in [5.74, 6) is 0.997. The van der Waals surface area contributed by atoms with Gasteiger partial charge in [-0.2, -0.15) is 0 Å². The minimum Gasteiger partial charge on any atom is -0.496 e. The van der Waals surface area contributed by atoms with E-state index in [-0.39, 0.29) is 11.0 Å². The van der Waals surface area contributed by atoms with Crippen molar-refractivity contribution in [2.45, 2.75) is 58.4 Å². The molecule has 19 heavy (non-hydrogen) atoms. The van der Waals surface area contributed by atoms with Crippen LogP contribution in [0.15, 0.2) is 24.3 Å². The highest BCUT2D eigenvalue weighted by molar-refractivity contribution is 5.38. The van der Waals surface area contributed by atoms with Gasteiger partial charge in [-0.3, -0.25) is 0 Å². The second-order valence-corrected chi connectivity index (χ2v) is 6.86. The van der Waals surface area contributed by atoms with E-state index in [2.05, 4.69) is 52.1 Å². The largest absolute Gasteiger partial charge is 0.496 e. The Hall–Kier alpha value is -1.02. The molecule has 0 aliphatic carbocycles. The number of rotatable bonds is 6. The van der Waals surface area contributed by atoms with Crippen LogP contribution in [0, 0.1) is 0 Å². The van der Waals surface area contributed by atoms with Crippen molar-refractivity contribution >= 4 is 0 Å². The van der Waals surface area contributed by atoms with Crippen LogP contribution < -0.4 is 10.1 Å². The van der Waals surface area contributed by atoms with Gasteiger partial charge in [-0.15, -0.1) is 0 Å². The number of ether oxygens (including phenoxy) is 1. The van der Waals surface area contributed by atoms with Crippen molar-refractivity contribution in [3.8, 4) is 5.75 Å². The zero-order chi connectivity index (χ0) is 14.5. The fourth-order valence-corrected chi connectivity index (χ4v) is 2.33. The fourth-order valence-electron chi connectivity index (χ4n) is 2.33. The maximum absolute atomic E-state index is 5.48. The maximum Gasteiger partial charge on any atom is 0.122 e. The summed E-state index contributed by atoms with van der Waals surface area (Å²) < 4.78 is 5.48. The molecule has 0 saturated carbocycles. The van der Waals surface area contributed by atoms with E-state index in [0.29, 0.717) is 0 Å². The Bertz CT molecular complexity index is 390. The summed E-state index contributed by atoms with van der Waals surface area (Å²) in [5.41, 5.74) is 1.65. The topological polar surface area (TPSA) is 21.3 Å². The van der Waals surface area contributed by atoms with Crippen LogP contribution in [-0.4, -0.2) is 19.2 Å². The van der Waals surface area contributed by atoms with Gasteiger partial charge in [0.2, 0.25) is 0 Å². The Morgan fingerprint density at radius 2 is 1.68 bits per heavy atom. The molecule has 0 aliphatic heterocycles. The number of para-hydroxylation sites is 1. The average molecular weight is 263 g/mol. The average Bonchev–Trinajstić information content (AvgIpc) is 2.33. The Morgan fingerprint density at radius 1 is 1.05 bits per heavy atom. The molecular weight excluding hydrogens is 234 g/mol. The molecule has 1 N–H and O–H groups in total. The number of methoxy groups -OCH3 is 1. The van der Waals surface area contributed by atoms with E-state index in [1.165, 1.54) is 12.0 Å². The van der Waals surface area contributed by atoms with Crippen LogP contribution in [0.4, 0.5) is 0 Å². The normalized spacial score (nSPS) is 12.5. The Labute approximate surface area is 118 Å². The van der Waals surface area contributed by atoms with Crippen LogP contribution in [-0.2, 0) is 5.41 Å². The molecule has 2 heteroatoms. The van der Waals surface area contributed by atoms with Gasteiger partial charge >= 0.3 is 0 Å². The summed E-state index contributed by atoms with van der Waals surface area (Å²) in [6.45, 7) is 12.3. The third kappa shape index (κ3) is 5.23. The van der Waals surface area contributed by atoms with E-state index in [4.69, 9.17) is 4.74 Å². The quantitative estimate of drug-likeness (QED) is 0.779. The van der Waals surface area contributed by atoms with Crippen LogP contribution in [0.25, 0.3) is 0 Å². The van der Waals surface area contributed by atoms with Crippen molar-refractivity contribution in [3.63, 3.8) is 0 Å². The standard InChI is InChI=1S/C17H29NO/c1-16(2,3)18-13-9-12-17(4,5)14-10-7-8-11-15(14)19-6/h7-8,10-11,18H,9,12-13H2,1-6H3. The molecule has 0 heterocycles. The van der Waals surface area contributed by atoms with Crippen molar-refractivity contribution < 1.29 is 4.74 Å². The molecule has 1 rings (SSSR count). The molecule has 1 aromatic rings. The predicted molar refractivity (Wildman–Crippen MR) is 83.0 cm³/mol. The van der Waals surface area contributed by atoms with Gasteiger partial charge in [-0.1, -0.05) is 32.0 Å². The highest BCUT2D eigenvalue weighted by Crippen LogP contribution is 2.34. The first-order valence-electron chi connectivity index (χ1n) is 7.15. The van der Waals surface area contributed by atoms with Gasteiger partial charge in [-0.05, 0) is 57.2 Å². The van der Waals surface area contributed by atoms with E-state index in [1.54, 1.807) is 7.11 Å². The SMILES string of the molecule is COc1ccccc1C(C)(C)CCCNC(C)(C)C. The second kappa shape index (κ2) is 6.42. The van der Waals surface area contributed by atoms with E-state index in [9.17, 15) is 0 Å². The van der Waals surface area contributed by atoms with Gasteiger partial charge in [0.25, 0.3) is 0 Å². The first-order valence-corrected chi connectivity index (χ1v) is 7.15. The van der Waals surface area contributed by atoms with Crippen molar-refractivity contribution in [1.82, 2.24) is 5.32 Å². The molecule has 0 aliphatic rings. The van der Waals surface area contributed by atoms with E-state index < -0.39 is 0 Å². The lowest BCUT2D eigenvalue weighted by molar-refractivity contribution is 0.367. The molecule has 0 spiro atoms. The maximum atomic E-state index is 5.48.